The first-order chi connectivity index (χ1) is 15.7. The van der Waals surface area contributed by atoms with E-state index in [2.05, 4.69) is 21.6 Å². The molecule has 2 fully saturated rings. The van der Waals surface area contributed by atoms with E-state index in [0.717, 1.165) is 50.3 Å². The largest absolute Gasteiger partial charge is 0.496 e. The number of ether oxygens (including phenoxy) is 1. The number of nitrogens with zero attached hydrogens (tertiary/aromatic N) is 2. The number of hydrogen-bond donors (Lipinski definition) is 2. The molecule has 170 valence electrons. The van der Waals surface area contributed by atoms with Gasteiger partial charge in [0.15, 0.2) is 0 Å². The molecule has 0 radical (unpaired) electrons. The Bertz CT molecular complexity index is 919. The number of anilines is 1. The Kier molecular flexibility index (Phi) is 7.27. The van der Waals surface area contributed by atoms with Crippen molar-refractivity contribution in [3.63, 3.8) is 0 Å². The number of benzene rings is 2. The van der Waals surface area contributed by atoms with Crippen molar-refractivity contribution in [2.75, 3.05) is 45.2 Å². The van der Waals surface area contributed by atoms with Gasteiger partial charge in [-0.25, -0.2) is 4.79 Å². The summed E-state index contributed by atoms with van der Waals surface area (Å²) in [5.74, 6) is 0.897. The fourth-order valence-corrected chi connectivity index (χ4v) is 4.59. The zero-order valence-electron chi connectivity index (χ0n) is 18.7. The fraction of sp³-hybridized carbons (Fsp3) is 0.440. The Morgan fingerprint density at radius 3 is 2.28 bits per heavy atom. The molecule has 32 heavy (non-hydrogen) atoms. The summed E-state index contributed by atoms with van der Waals surface area (Å²) in [6.45, 7) is 4.16. The molecule has 2 aliphatic heterocycles. The third-order valence-electron chi connectivity index (χ3n) is 6.32. The highest BCUT2D eigenvalue weighted by molar-refractivity contribution is 5.95. The van der Waals surface area contributed by atoms with E-state index in [1.807, 2.05) is 23.1 Å². The Balaban J connectivity index is 1.36. The Morgan fingerprint density at radius 1 is 0.938 bits per heavy atom. The van der Waals surface area contributed by atoms with E-state index >= 15 is 0 Å². The molecule has 7 nitrogen and oxygen atoms in total. The van der Waals surface area contributed by atoms with Crippen LogP contribution in [0.3, 0.4) is 0 Å². The van der Waals surface area contributed by atoms with Crippen LogP contribution in [-0.2, 0) is 0 Å². The van der Waals surface area contributed by atoms with Crippen molar-refractivity contribution in [1.82, 2.24) is 15.1 Å². The van der Waals surface area contributed by atoms with Crippen LogP contribution in [-0.4, -0.2) is 61.6 Å². The number of carbonyl (C=O) groups excluding carboxylic acids is 2. The Hall–Kier alpha value is -3.06. The first kappa shape index (κ1) is 22.1. The Labute approximate surface area is 189 Å². The van der Waals surface area contributed by atoms with Gasteiger partial charge in [-0.15, -0.1) is 0 Å². The number of rotatable bonds is 7. The lowest BCUT2D eigenvalue weighted by atomic mass is 10.0. The minimum absolute atomic E-state index is 0.0554. The molecule has 0 bridgehead atoms. The number of amides is 3. The molecule has 0 spiro atoms. The van der Waals surface area contributed by atoms with Crippen LogP contribution in [0.2, 0.25) is 0 Å². The van der Waals surface area contributed by atoms with Crippen LogP contribution in [0.15, 0.2) is 48.5 Å². The Morgan fingerprint density at radius 2 is 1.59 bits per heavy atom. The number of urea groups is 1. The molecule has 2 heterocycles. The van der Waals surface area contributed by atoms with Crippen molar-refractivity contribution in [2.45, 2.75) is 31.7 Å². The third-order valence-corrected chi connectivity index (χ3v) is 6.32. The number of carbonyl (C=O) groups is 2. The molecule has 1 atom stereocenters. The second kappa shape index (κ2) is 10.5. The summed E-state index contributed by atoms with van der Waals surface area (Å²) in [6.07, 6.45) is 4.47. The van der Waals surface area contributed by atoms with Gasteiger partial charge in [0.05, 0.1) is 13.2 Å². The van der Waals surface area contributed by atoms with Gasteiger partial charge in [0.2, 0.25) is 0 Å². The molecular weight excluding hydrogens is 404 g/mol. The van der Waals surface area contributed by atoms with Gasteiger partial charge in [0, 0.05) is 36.4 Å². The molecule has 2 saturated heterocycles. The molecule has 3 amide bonds. The van der Waals surface area contributed by atoms with Gasteiger partial charge in [-0.05, 0) is 69.1 Å². The van der Waals surface area contributed by atoms with E-state index in [4.69, 9.17) is 4.74 Å². The van der Waals surface area contributed by atoms with Crippen LogP contribution in [0.5, 0.6) is 5.75 Å². The van der Waals surface area contributed by atoms with Gasteiger partial charge in [-0.3, -0.25) is 9.69 Å². The molecule has 0 saturated carbocycles. The molecule has 2 aromatic carbocycles. The predicted octanol–water partition coefficient (Wildman–Crippen LogP) is 3.89. The third kappa shape index (κ3) is 5.22. The van der Waals surface area contributed by atoms with Crippen LogP contribution in [0, 0.1) is 0 Å². The number of para-hydroxylation sites is 1. The second-order valence-electron chi connectivity index (χ2n) is 8.41. The smallest absolute Gasteiger partial charge is 0.319 e. The average molecular weight is 437 g/mol. The highest BCUT2D eigenvalue weighted by atomic mass is 16.5. The van der Waals surface area contributed by atoms with Crippen LogP contribution in [0.25, 0.3) is 0 Å². The van der Waals surface area contributed by atoms with Crippen molar-refractivity contribution in [2.24, 2.45) is 0 Å². The minimum Gasteiger partial charge on any atom is -0.496 e. The van der Waals surface area contributed by atoms with Crippen molar-refractivity contribution >= 4 is 17.6 Å². The molecule has 1 unspecified atom stereocenters. The SMILES string of the molecule is COc1ccccc1C(CNC(=O)Nc1ccc(C(=O)N2CCCC2)cc1)N1CCCC1. The normalized spacial score (nSPS) is 17.2. The molecule has 2 aliphatic rings. The number of hydrogen-bond acceptors (Lipinski definition) is 4. The van der Waals surface area contributed by atoms with Crippen LogP contribution >= 0.6 is 0 Å². The fourth-order valence-electron chi connectivity index (χ4n) is 4.59. The maximum Gasteiger partial charge on any atom is 0.319 e. The van der Waals surface area contributed by atoms with E-state index in [0.29, 0.717) is 17.8 Å². The lowest BCUT2D eigenvalue weighted by molar-refractivity contribution is 0.0793. The van der Waals surface area contributed by atoms with Crippen molar-refractivity contribution in [1.29, 1.82) is 0 Å². The average Bonchev–Trinajstić information content (AvgIpc) is 3.54. The summed E-state index contributed by atoms with van der Waals surface area (Å²) >= 11 is 0. The molecule has 0 aromatic heterocycles. The maximum absolute atomic E-state index is 12.6. The van der Waals surface area contributed by atoms with E-state index < -0.39 is 0 Å². The first-order valence-electron chi connectivity index (χ1n) is 11.5. The predicted molar refractivity (Wildman–Crippen MR) is 125 cm³/mol. The highest BCUT2D eigenvalue weighted by Crippen LogP contribution is 2.31. The van der Waals surface area contributed by atoms with Crippen molar-refractivity contribution in [3.8, 4) is 5.75 Å². The van der Waals surface area contributed by atoms with Crippen LogP contribution in [0.1, 0.15) is 47.6 Å². The topological polar surface area (TPSA) is 73.9 Å². The standard InChI is InChI=1S/C25H32N4O3/c1-32-23-9-3-2-8-21(23)22(28-14-4-5-15-28)18-26-25(31)27-20-12-10-19(11-13-20)24(30)29-16-6-7-17-29/h2-3,8-13,22H,4-7,14-18H2,1H3,(H2,26,27,31). The van der Waals surface area contributed by atoms with E-state index in [1.54, 1.807) is 31.4 Å². The maximum atomic E-state index is 12.6. The zero-order valence-corrected chi connectivity index (χ0v) is 18.7. The minimum atomic E-state index is -0.261. The van der Waals surface area contributed by atoms with E-state index in [-0.39, 0.29) is 18.0 Å². The number of likely N-dealkylation sites (tertiary alicyclic amines) is 2. The summed E-state index contributed by atoms with van der Waals surface area (Å²) in [4.78, 5) is 29.4. The highest BCUT2D eigenvalue weighted by Gasteiger charge is 2.26. The molecule has 2 aromatic rings. The van der Waals surface area contributed by atoms with E-state index in [1.165, 1.54) is 12.8 Å². The second-order valence-corrected chi connectivity index (χ2v) is 8.41. The summed E-state index contributed by atoms with van der Waals surface area (Å²) in [5, 5.41) is 5.90. The van der Waals surface area contributed by atoms with Crippen LogP contribution < -0.4 is 15.4 Å². The molecule has 0 aliphatic carbocycles. The summed E-state index contributed by atoms with van der Waals surface area (Å²) < 4.78 is 5.57. The lowest BCUT2D eigenvalue weighted by Gasteiger charge is -2.29. The first-order valence-corrected chi connectivity index (χ1v) is 11.5. The molecule has 4 rings (SSSR count). The summed E-state index contributed by atoms with van der Waals surface area (Å²) in [6, 6.07) is 14.9. The molecular formula is C25H32N4O3. The van der Waals surface area contributed by atoms with Crippen molar-refractivity contribution < 1.29 is 14.3 Å². The van der Waals surface area contributed by atoms with Gasteiger partial charge < -0.3 is 20.3 Å². The number of nitrogens with one attached hydrogen (secondary N) is 2. The summed E-state index contributed by atoms with van der Waals surface area (Å²) in [7, 11) is 1.68. The van der Waals surface area contributed by atoms with Gasteiger partial charge in [-0.1, -0.05) is 18.2 Å². The van der Waals surface area contributed by atoms with Crippen LogP contribution in [0.4, 0.5) is 10.5 Å². The quantitative estimate of drug-likeness (QED) is 0.691. The lowest BCUT2D eigenvalue weighted by Crippen LogP contribution is -2.38. The monoisotopic (exact) mass is 436 g/mol. The molecule has 2 N–H and O–H groups in total. The van der Waals surface area contributed by atoms with Gasteiger partial charge in [0.1, 0.15) is 5.75 Å². The van der Waals surface area contributed by atoms with Gasteiger partial charge in [0.25, 0.3) is 5.91 Å². The van der Waals surface area contributed by atoms with Gasteiger partial charge >= 0.3 is 6.03 Å². The number of methoxy groups -OCH3 is 1. The van der Waals surface area contributed by atoms with E-state index in [9.17, 15) is 9.59 Å². The summed E-state index contributed by atoms with van der Waals surface area (Å²) in [5.41, 5.74) is 2.40. The zero-order chi connectivity index (χ0) is 22.3. The van der Waals surface area contributed by atoms with Crippen molar-refractivity contribution in [3.05, 3.63) is 59.7 Å². The van der Waals surface area contributed by atoms with Gasteiger partial charge in [-0.2, -0.15) is 0 Å². The molecule has 7 heteroatoms.